The van der Waals surface area contributed by atoms with E-state index in [4.69, 9.17) is 19.7 Å². The minimum Gasteiger partial charge on any atom is -0.456 e. The zero-order valence-electron chi connectivity index (χ0n) is 34.7. The Morgan fingerprint density at radius 2 is 1.08 bits per heavy atom. The first-order valence-electron chi connectivity index (χ1n) is 22.1. The molecule has 0 N–H and O–H groups in total. The lowest BCUT2D eigenvalue weighted by Crippen LogP contribution is -2.48. The molecule has 0 amide bonds. The molecule has 2 bridgehead atoms. The summed E-state index contributed by atoms with van der Waals surface area (Å²) in [7, 11) is 0. The summed E-state index contributed by atoms with van der Waals surface area (Å²) >= 11 is 0. The minimum absolute atomic E-state index is 0.0729. The average Bonchev–Trinajstić information content (AvgIpc) is 3.60. The highest BCUT2D eigenvalue weighted by Crippen LogP contribution is 2.63. The molecule has 2 fully saturated rings. The van der Waals surface area contributed by atoms with E-state index in [1.54, 1.807) is 0 Å². The molecule has 2 saturated carbocycles. The van der Waals surface area contributed by atoms with Crippen LogP contribution in [0.25, 0.3) is 56.2 Å². The molecule has 2 heterocycles. The van der Waals surface area contributed by atoms with Crippen LogP contribution >= 0.6 is 0 Å². The lowest BCUT2D eigenvalue weighted by atomic mass is 9.53. The molecule has 1 aromatic heterocycles. The van der Waals surface area contributed by atoms with Gasteiger partial charge in [-0.2, -0.15) is 0 Å². The average molecular weight is 790 g/mol. The molecule has 8 aromatic rings. The fourth-order valence-corrected chi connectivity index (χ4v) is 12.1. The maximum Gasteiger partial charge on any atom is 0.163 e. The third-order valence-electron chi connectivity index (χ3n) is 14.8. The molecule has 296 valence electrons. The molecule has 0 saturated heterocycles. The smallest absolute Gasteiger partial charge is 0.163 e. The Balaban J connectivity index is 1.02. The van der Waals surface area contributed by atoms with Gasteiger partial charge in [0, 0.05) is 33.2 Å². The summed E-state index contributed by atoms with van der Waals surface area (Å²) in [6.07, 6.45) is 6.05. The molecule has 1 spiro atoms. The molecule has 1 aliphatic heterocycles. The SMILES string of the molecule is CC1C[C@@H]2CCCC(c3nc(-c4ccc(-c5ccccc5)cc4)nc(-c4cccc(-c5cccc6c5Oc5ccccc5C65c6ccccc6-c6ccccc65)c4)n3)(C1)[C@H]2C. The molecule has 7 aromatic carbocycles. The van der Waals surface area contributed by atoms with Gasteiger partial charge in [-0.1, -0.05) is 184 Å². The number of aromatic nitrogens is 3. The second-order valence-electron chi connectivity index (χ2n) is 18.1. The van der Waals surface area contributed by atoms with E-state index in [0.717, 1.165) is 69.6 Å². The zero-order valence-corrected chi connectivity index (χ0v) is 34.7. The van der Waals surface area contributed by atoms with Crippen LogP contribution in [0.5, 0.6) is 11.5 Å². The fourth-order valence-electron chi connectivity index (χ4n) is 12.1. The number of rotatable bonds is 5. The van der Waals surface area contributed by atoms with Crippen LogP contribution < -0.4 is 4.74 Å². The number of ether oxygens (including phenoxy) is 1. The largest absolute Gasteiger partial charge is 0.456 e. The van der Waals surface area contributed by atoms with E-state index < -0.39 is 5.41 Å². The summed E-state index contributed by atoms with van der Waals surface area (Å²) in [4.78, 5) is 16.3. The van der Waals surface area contributed by atoms with Crippen molar-refractivity contribution in [3.63, 3.8) is 0 Å². The quantitative estimate of drug-likeness (QED) is 0.174. The van der Waals surface area contributed by atoms with Crippen LogP contribution in [0.2, 0.25) is 0 Å². The van der Waals surface area contributed by atoms with E-state index in [1.165, 1.54) is 58.2 Å². The van der Waals surface area contributed by atoms with Crippen LogP contribution in [0.3, 0.4) is 0 Å². The highest BCUT2D eigenvalue weighted by atomic mass is 16.5. The van der Waals surface area contributed by atoms with Crippen molar-refractivity contribution in [2.45, 2.75) is 56.8 Å². The Hall–Kier alpha value is -6.65. The Kier molecular flexibility index (Phi) is 8.29. The van der Waals surface area contributed by atoms with E-state index in [2.05, 4.69) is 184 Å². The number of para-hydroxylation sites is 2. The van der Waals surface area contributed by atoms with Crippen LogP contribution in [0.15, 0.2) is 170 Å². The number of nitrogens with zero attached hydrogens (tertiary/aromatic N) is 3. The lowest BCUT2D eigenvalue weighted by Gasteiger charge is -2.52. The molecule has 4 atom stereocenters. The minimum atomic E-state index is -0.524. The van der Waals surface area contributed by atoms with Crippen molar-refractivity contribution in [2.75, 3.05) is 0 Å². The number of hydrogen-bond donors (Lipinski definition) is 0. The van der Waals surface area contributed by atoms with Crippen molar-refractivity contribution in [1.29, 1.82) is 0 Å². The fraction of sp³-hybridized carbons (Fsp3) is 0.211. The first-order valence-corrected chi connectivity index (χ1v) is 22.1. The highest BCUT2D eigenvalue weighted by Gasteiger charge is 2.52. The predicted octanol–water partition coefficient (Wildman–Crippen LogP) is 14.1. The Labute approximate surface area is 358 Å². The van der Waals surface area contributed by atoms with Gasteiger partial charge < -0.3 is 4.74 Å². The zero-order chi connectivity index (χ0) is 40.7. The molecule has 61 heavy (non-hydrogen) atoms. The van der Waals surface area contributed by atoms with Crippen molar-refractivity contribution >= 4 is 0 Å². The van der Waals surface area contributed by atoms with Crippen molar-refractivity contribution < 1.29 is 4.74 Å². The topological polar surface area (TPSA) is 47.9 Å². The molecular formula is C57H47N3O. The predicted molar refractivity (Wildman–Crippen MR) is 246 cm³/mol. The maximum absolute atomic E-state index is 7.07. The van der Waals surface area contributed by atoms with E-state index >= 15 is 0 Å². The van der Waals surface area contributed by atoms with Crippen LogP contribution in [0.1, 0.15) is 74.0 Å². The maximum atomic E-state index is 7.07. The summed E-state index contributed by atoms with van der Waals surface area (Å²) in [6.45, 7) is 4.90. The summed E-state index contributed by atoms with van der Waals surface area (Å²) in [5, 5.41) is 0. The standard InChI is InChI=1S/C57H47N3O/c1-36-33-41-19-14-32-56(35-36,37(41)2)55-59-53(40-30-28-39(29-31-40)38-15-4-3-5-16-38)58-54(60-55)43-18-12-17-42(34-43)44-22-13-26-50-52(44)61-51-27-11-10-25-49(51)57(50)47-23-8-6-20-45(47)46-21-7-9-24-48(46)57/h3-13,15-18,20-31,34,36-37,41H,14,19,32-33,35H2,1-2H3/t36?,37-,41-,56?/m0/s1. The van der Waals surface area contributed by atoms with Crippen molar-refractivity contribution in [3.05, 3.63) is 198 Å². The first-order chi connectivity index (χ1) is 30.0. The monoisotopic (exact) mass is 789 g/mol. The van der Waals surface area contributed by atoms with Gasteiger partial charge in [0.25, 0.3) is 0 Å². The molecule has 4 aliphatic rings. The molecule has 3 aliphatic carbocycles. The van der Waals surface area contributed by atoms with Crippen LogP contribution in [-0.2, 0) is 10.8 Å². The first kappa shape index (κ1) is 36.2. The van der Waals surface area contributed by atoms with Gasteiger partial charge >= 0.3 is 0 Å². The van der Waals surface area contributed by atoms with Crippen LogP contribution in [0.4, 0.5) is 0 Å². The van der Waals surface area contributed by atoms with Gasteiger partial charge in [-0.15, -0.1) is 0 Å². The van der Waals surface area contributed by atoms with Gasteiger partial charge in [-0.05, 0) is 88.1 Å². The summed E-state index contributed by atoms with van der Waals surface area (Å²) < 4.78 is 7.07. The van der Waals surface area contributed by atoms with E-state index in [1.807, 2.05) is 0 Å². The number of benzene rings is 7. The van der Waals surface area contributed by atoms with Crippen LogP contribution in [-0.4, -0.2) is 15.0 Å². The van der Waals surface area contributed by atoms with E-state index in [9.17, 15) is 0 Å². The highest BCUT2D eigenvalue weighted by molar-refractivity contribution is 5.90. The van der Waals surface area contributed by atoms with Crippen LogP contribution in [0, 0.1) is 17.8 Å². The molecular weight excluding hydrogens is 743 g/mol. The third kappa shape index (κ3) is 5.47. The molecule has 2 unspecified atom stereocenters. The Morgan fingerprint density at radius 3 is 1.85 bits per heavy atom. The van der Waals surface area contributed by atoms with Gasteiger partial charge in [0.2, 0.25) is 0 Å². The van der Waals surface area contributed by atoms with Gasteiger partial charge in [0.05, 0.1) is 5.41 Å². The molecule has 4 heteroatoms. The summed E-state index contributed by atoms with van der Waals surface area (Å²) in [5.74, 6) is 6.05. The third-order valence-corrected chi connectivity index (χ3v) is 14.8. The molecule has 12 rings (SSSR count). The second kappa shape index (κ2) is 14.0. The second-order valence-corrected chi connectivity index (χ2v) is 18.1. The van der Waals surface area contributed by atoms with Crippen molar-refractivity contribution in [2.24, 2.45) is 17.8 Å². The van der Waals surface area contributed by atoms with Crippen molar-refractivity contribution in [3.8, 4) is 67.7 Å². The lowest BCUT2D eigenvalue weighted by molar-refractivity contribution is 0.0339. The number of fused-ring (bicyclic) bond motifs is 11. The Morgan fingerprint density at radius 1 is 0.508 bits per heavy atom. The van der Waals surface area contributed by atoms with Gasteiger partial charge in [-0.25, -0.2) is 15.0 Å². The summed E-state index contributed by atoms with van der Waals surface area (Å²) in [5.41, 5.74) is 13.3. The van der Waals surface area contributed by atoms with E-state index in [0.29, 0.717) is 17.8 Å². The van der Waals surface area contributed by atoms with Gasteiger partial charge in [-0.3, -0.25) is 0 Å². The van der Waals surface area contributed by atoms with Gasteiger partial charge in [0.15, 0.2) is 11.6 Å². The van der Waals surface area contributed by atoms with Crippen molar-refractivity contribution in [1.82, 2.24) is 15.0 Å². The van der Waals surface area contributed by atoms with E-state index in [-0.39, 0.29) is 5.41 Å². The summed E-state index contributed by atoms with van der Waals surface area (Å²) in [6, 6.07) is 61.2. The normalized spacial score (nSPS) is 21.4. The Bertz CT molecular complexity index is 2950. The van der Waals surface area contributed by atoms with Gasteiger partial charge in [0.1, 0.15) is 17.3 Å². The number of hydrogen-bond acceptors (Lipinski definition) is 4. The molecule has 4 nitrogen and oxygen atoms in total. The molecule has 0 radical (unpaired) electrons.